The molecule has 0 saturated carbocycles. The molecule has 3 aromatic rings. The summed E-state index contributed by atoms with van der Waals surface area (Å²) < 4.78 is 18.0. The predicted octanol–water partition coefficient (Wildman–Crippen LogP) is 3.60. The molecule has 0 aliphatic rings. The monoisotopic (exact) mass is 480 g/mol. The highest BCUT2D eigenvalue weighted by Gasteiger charge is 2.17. The van der Waals surface area contributed by atoms with Gasteiger partial charge in [-0.25, -0.2) is 19.2 Å². The van der Waals surface area contributed by atoms with Crippen molar-refractivity contribution in [2.75, 3.05) is 0 Å². The number of amides is 2. The molecular formula is C25H25FN4O5. The number of carboxylic acid groups (broad SMARTS) is 1. The number of alkyl halides is 1. The highest BCUT2D eigenvalue weighted by Crippen LogP contribution is 2.18. The molecule has 2 aromatic carbocycles. The number of halogens is 1. The van der Waals surface area contributed by atoms with Gasteiger partial charge in [-0.2, -0.15) is 0 Å². The number of aromatic nitrogens is 2. The summed E-state index contributed by atoms with van der Waals surface area (Å²) in [5.74, 6) is -1.71. The van der Waals surface area contributed by atoms with Crippen LogP contribution in [0.3, 0.4) is 0 Å². The first kappa shape index (κ1) is 25.3. The Labute approximate surface area is 201 Å². The molecule has 35 heavy (non-hydrogen) atoms. The summed E-state index contributed by atoms with van der Waals surface area (Å²) in [4.78, 5) is 44.3. The summed E-state index contributed by atoms with van der Waals surface area (Å²) >= 11 is 0. The molecule has 0 aliphatic heterocycles. The first-order valence-electron chi connectivity index (χ1n) is 10.8. The standard InChI is InChI=1S/C25H25FN4O5/c1-14-9-18(7-8-20(14)25(33)34)15(2)30-24(32)22-11-21(28-13-29-22)23(31)27-12-17-5-4-6-19(10-17)35-16(3)26/h4-11,13,15-16H,12H2,1-3H3,(H,27,31)(H,30,32)(H,33,34)/t15-,16?/m0/s1. The molecule has 0 spiro atoms. The zero-order chi connectivity index (χ0) is 25.5. The van der Waals surface area contributed by atoms with Crippen LogP contribution in [0.4, 0.5) is 4.39 Å². The van der Waals surface area contributed by atoms with Gasteiger partial charge in [0.1, 0.15) is 23.5 Å². The Balaban J connectivity index is 1.63. The van der Waals surface area contributed by atoms with Gasteiger partial charge >= 0.3 is 5.97 Å². The maximum Gasteiger partial charge on any atom is 0.335 e. The van der Waals surface area contributed by atoms with Gasteiger partial charge in [0.05, 0.1) is 11.6 Å². The van der Waals surface area contributed by atoms with Crippen LogP contribution in [0.15, 0.2) is 54.9 Å². The minimum absolute atomic E-state index is 0.00297. The van der Waals surface area contributed by atoms with E-state index in [1.54, 1.807) is 50.2 Å². The molecular weight excluding hydrogens is 455 g/mol. The van der Waals surface area contributed by atoms with Gasteiger partial charge in [-0.15, -0.1) is 0 Å². The third kappa shape index (κ3) is 6.83. The van der Waals surface area contributed by atoms with Crippen molar-refractivity contribution >= 4 is 17.8 Å². The molecule has 182 valence electrons. The van der Waals surface area contributed by atoms with E-state index >= 15 is 0 Å². The molecule has 1 unspecified atom stereocenters. The number of hydrogen-bond acceptors (Lipinski definition) is 6. The Hall–Kier alpha value is -4.34. The van der Waals surface area contributed by atoms with Gasteiger partial charge in [-0.05, 0) is 48.7 Å². The maximum atomic E-state index is 13.0. The van der Waals surface area contributed by atoms with E-state index in [9.17, 15) is 23.9 Å². The second-order valence-electron chi connectivity index (χ2n) is 7.85. The summed E-state index contributed by atoms with van der Waals surface area (Å²) in [5, 5.41) is 14.6. The average Bonchev–Trinajstić information content (AvgIpc) is 2.82. The lowest BCUT2D eigenvalue weighted by molar-refractivity contribution is 0.0695. The molecule has 0 aliphatic carbocycles. The minimum Gasteiger partial charge on any atom is -0.478 e. The second-order valence-corrected chi connectivity index (χ2v) is 7.85. The van der Waals surface area contributed by atoms with E-state index in [1.807, 2.05) is 0 Å². The molecule has 10 heteroatoms. The number of carbonyl (C=O) groups is 3. The zero-order valence-electron chi connectivity index (χ0n) is 19.4. The van der Waals surface area contributed by atoms with Crippen molar-refractivity contribution in [2.45, 2.75) is 39.7 Å². The van der Waals surface area contributed by atoms with Crippen LogP contribution in [0, 0.1) is 6.92 Å². The van der Waals surface area contributed by atoms with Crippen LogP contribution in [0.25, 0.3) is 0 Å². The number of aryl methyl sites for hydroxylation is 1. The van der Waals surface area contributed by atoms with Crippen LogP contribution in [-0.2, 0) is 6.54 Å². The normalized spacial score (nSPS) is 12.3. The third-order valence-corrected chi connectivity index (χ3v) is 5.11. The molecule has 3 N–H and O–H groups in total. The van der Waals surface area contributed by atoms with E-state index in [4.69, 9.17) is 4.74 Å². The fourth-order valence-electron chi connectivity index (χ4n) is 3.34. The van der Waals surface area contributed by atoms with Gasteiger partial charge in [0.2, 0.25) is 6.36 Å². The number of ether oxygens (including phenoxy) is 1. The molecule has 9 nitrogen and oxygen atoms in total. The van der Waals surface area contributed by atoms with Crippen molar-refractivity contribution in [3.8, 4) is 5.75 Å². The molecule has 0 radical (unpaired) electrons. The maximum absolute atomic E-state index is 13.0. The minimum atomic E-state index is -1.46. The average molecular weight is 480 g/mol. The fourth-order valence-corrected chi connectivity index (χ4v) is 3.34. The second kappa shape index (κ2) is 11.2. The molecule has 0 fully saturated rings. The summed E-state index contributed by atoms with van der Waals surface area (Å²) in [7, 11) is 0. The molecule has 1 heterocycles. The molecule has 0 bridgehead atoms. The number of carbonyl (C=O) groups excluding carboxylic acids is 2. The Bertz CT molecular complexity index is 1250. The van der Waals surface area contributed by atoms with Crippen molar-refractivity contribution in [3.05, 3.63) is 88.5 Å². The van der Waals surface area contributed by atoms with E-state index in [1.165, 1.54) is 19.1 Å². The van der Waals surface area contributed by atoms with Crippen LogP contribution < -0.4 is 15.4 Å². The van der Waals surface area contributed by atoms with Crippen molar-refractivity contribution in [1.29, 1.82) is 0 Å². The van der Waals surface area contributed by atoms with Crippen LogP contribution in [0.1, 0.15) is 67.9 Å². The molecule has 0 saturated heterocycles. The number of aromatic carboxylic acids is 1. The van der Waals surface area contributed by atoms with Gasteiger partial charge in [-0.1, -0.05) is 24.3 Å². The van der Waals surface area contributed by atoms with Crippen molar-refractivity contribution in [1.82, 2.24) is 20.6 Å². The number of rotatable bonds is 9. The lowest BCUT2D eigenvalue weighted by Crippen LogP contribution is -2.29. The van der Waals surface area contributed by atoms with E-state index in [0.717, 1.165) is 11.9 Å². The zero-order valence-corrected chi connectivity index (χ0v) is 19.4. The molecule has 2 amide bonds. The van der Waals surface area contributed by atoms with Gasteiger partial charge in [-0.3, -0.25) is 9.59 Å². The van der Waals surface area contributed by atoms with E-state index in [0.29, 0.717) is 16.9 Å². The molecule has 1 aromatic heterocycles. The van der Waals surface area contributed by atoms with Gasteiger partial charge in [0.25, 0.3) is 11.8 Å². The first-order valence-corrected chi connectivity index (χ1v) is 10.8. The lowest BCUT2D eigenvalue weighted by Gasteiger charge is -2.15. The Kier molecular flexibility index (Phi) is 8.08. The number of nitrogens with zero attached hydrogens (tertiary/aromatic N) is 2. The van der Waals surface area contributed by atoms with E-state index in [-0.39, 0.29) is 23.5 Å². The van der Waals surface area contributed by atoms with Gasteiger partial charge < -0.3 is 20.5 Å². The Morgan fingerprint density at radius 3 is 2.40 bits per heavy atom. The molecule has 2 atom stereocenters. The summed E-state index contributed by atoms with van der Waals surface area (Å²) in [5.41, 5.74) is 2.19. The van der Waals surface area contributed by atoms with E-state index in [2.05, 4.69) is 20.6 Å². The SMILES string of the molecule is Cc1cc([C@H](C)NC(=O)c2cc(C(=O)NCc3cccc(OC(C)F)c3)ncn2)ccc1C(=O)O. The van der Waals surface area contributed by atoms with Gasteiger partial charge in [0.15, 0.2) is 0 Å². The first-order chi connectivity index (χ1) is 16.6. The van der Waals surface area contributed by atoms with Gasteiger partial charge in [0, 0.05) is 19.5 Å². The molecule has 3 rings (SSSR count). The van der Waals surface area contributed by atoms with Crippen molar-refractivity contribution in [2.24, 2.45) is 0 Å². The number of hydrogen-bond donors (Lipinski definition) is 3. The van der Waals surface area contributed by atoms with Crippen molar-refractivity contribution < 1.29 is 28.6 Å². The van der Waals surface area contributed by atoms with Crippen LogP contribution in [0.2, 0.25) is 0 Å². The smallest absolute Gasteiger partial charge is 0.335 e. The third-order valence-electron chi connectivity index (χ3n) is 5.11. The van der Waals surface area contributed by atoms with Crippen LogP contribution in [0.5, 0.6) is 5.75 Å². The van der Waals surface area contributed by atoms with Crippen molar-refractivity contribution in [3.63, 3.8) is 0 Å². The van der Waals surface area contributed by atoms with Crippen LogP contribution >= 0.6 is 0 Å². The lowest BCUT2D eigenvalue weighted by atomic mass is 10.0. The van der Waals surface area contributed by atoms with E-state index < -0.39 is 30.2 Å². The van der Waals surface area contributed by atoms with Crippen LogP contribution in [-0.4, -0.2) is 39.2 Å². The Morgan fingerprint density at radius 2 is 1.74 bits per heavy atom. The largest absolute Gasteiger partial charge is 0.478 e. The Morgan fingerprint density at radius 1 is 1.03 bits per heavy atom. The summed E-state index contributed by atoms with van der Waals surface area (Å²) in [6, 6.07) is 12.3. The number of carboxylic acids is 1. The topological polar surface area (TPSA) is 131 Å². The quantitative estimate of drug-likeness (QED) is 0.427. The summed E-state index contributed by atoms with van der Waals surface area (Å²) in [6.07, 6.45) is -0.335. The predicted molar refractivity (Wildman–Crippen MR) is 125 cm³/mol. The fraction of sp³-hybridized carbons (Fsp3) is 0.240. The highest BCUT2D eigenvalue weighted by atomic mass is 19.1. The highest BCUT2D eigenvalue weighted by molar-refractivity contribution is 5.97. The number of benzene rings is 2. The summed E-state index contributed by atoms with van der Waals surface area (Å²) in [6.45, 7) is 4.85. The number of nitrogens with one attached hydrogen (secondary N) is 2.